The highest BCUT2D eigenvalue weighted by Crippen LogP contribution is 2.88. The molecule has 5 saturated carbocycles. The van der Waals surface area contributed by atoms with Crippen molar-refractivity contribution in [3.05, 3.63) is 0 Å². The third kappa shape index (κ3) is 6.90. The van der Waals surface area contributed by atoms with E-state index in [4.69, 9.17) is 18.9 Å². The Labute approximate surface area is 335 Å². The van der Waals surface area contributed by atoms with E-state index in [0.717, 1.165) is 51.4 Å². The van der Waals surface area contributed by atoms with E-state index >= 15 is 0 Å². The number of ether oxygens (including phenoxy) is 4. The minimum absolute atomic E-state index is 0.0271. The van der Waals surface area contributed by atoms with Gasteiger partial charge >= 0.3 is 0 Å². The van der Waals surface area contributed by atoms with E-state index in [-0.39, 0.29) is 70.7 Å². The Morgan fingerprint density at radius 2 is 1.35 bits per heavy atom. The van der Waals surface area contributed by atoms with E-state index in [1.807, 2.05) is 0 Å². The summed E-state index contributed by atoms with van der Waals surface area (Å²) in [6.45, 7) is 9.41. The van der Waals surface area contributed by atoms with E-state index in [1.165, 1.54) is 0 Å². The van der Waals surface area contributed by atoms with Crippen LogP contribution in [0.25, 0.3) is 0 Å². The first-order valence-electron chi connectivity index (χ1n) is 21.5. The molecule has 7 fully saturated rings. The topological polar surface area (TPSA) is 256 Å². The Hall–Kier alpha value is -0.890. The van der Waals surface area contributed by atoms with Crippen molar-refractivity contribution < 1.29 is 74.8 Å². The Morgan fingerprint density at radius 1 is 0.754 bits per heavy atom. The van der Waals surface area contributed by atoms with Crippen molar-refractivity contribution in [2.75, 3.05) is 26.4 Å². The van der Waals surface area contributed by atoms with Gasteiger partial charge in [-0.05, 0) is 96.7 Å². The largest absolute Gasteiger partial charge is 0.394 e. The summed E-state index contributed by atoms with van der Waals surface area (Å²) < 4.78 is 22.9. The second-order valence-corrected chi connectivity index (χ2v) is 20.5. The molecule has 0 radical (unpaired) electrons. The number of rotatable bonds is 13. The Kier molecular flexibility index (Phi) is 12.2. The molecule has 328 valence electrons. The summed E-state index contributed by atoms with van der Waals surface area (Å²) in [5.41, 5.74) is -0.719. The molecule has 2 heterocycles. The fourth-order valence-corrected chi connectivity index (χ4v) is 13.8. The molecule has 57 heavy (non-hydrogen) atoms. The van der Waals surface area contributed by atoms with Crippen LogP contribution in [0.15, 0.2) is 0 Å². The minimum Gasteiger partial charge on any atom is -0.394 e. The number of hydrogen-bond acceptors (Lipinski definition) is 15. The summed E-state index contributed by atoms with van der Waals surface area (Å²) in [5, 5.41) is 104. The lowest BCUT2D eigenvalue weighted by Crippen LogP contribution is -2.59. The van der Waals surface area contributed by atoms with Crippen molar-refractivity contribution in [3.63, 3.8) is 0 Å². The van der Waals surface area contributed by atoms with E-state index < -0.39 is 92.2 Å². The van der Waals surface area contributed by atoms with Crippen LogP contribution in [0.3, 0.4) is 0 Å². The number of carbonyl (C=O) groups excluding carboxylic acids is 1. The van der Waals surface area contributed by atoms with Crippen molar-refractivity contribution >= 4 is 5.78 Å². The fraction of sp³-hybridized carbons (Fsp3) is 0.976. The van der Waals surface area contributed by atoms with E-state index in [0.29, 0.717) is 12.3 Å². The number of fused-ring (bicyclic) bond motifs is 2. The van der Waals surface area contributed by atoms with Crippen LogP contribution < -0.4 is 0 Å². The van der Waals surface area contributed by atoms with Crippen LogP contribution in [0.1, 0.15) is 98.8 Å². The maximum absolute atomic E-state index is 13.5. The van der Waals surface area contributed by atoms with Crippen LogP contribution in [0, 0.1) is 56.7 Å². The minimum atomic E-state index is -1.57. The summed E-state index contributed by atoms with van der Waals surface area (Å²) in [5.74, 6) is 0.535. The third-order valence-corrected chi connectivity index (χ3v) is 17.7. The maximum atomic E-state index is 13.5. The molecule has 0 amide bonds. The van der Waals surface area contributed by atoms with Gasteiger partial charge in [0.15, 0.2) is 12.6 Å². The molecule has 0 aromatic rings. The molecule has 0 bridgehead atoms. The van der Waals surface area contributed by atoms with Gasteiger partial charge in [0.05, 0.1) is 38.6 Å². The number of Topliss-reactive ketones (excluding diaryl/α,β-unsaturated/α-hetero) is 1. The molecule has 0 aromatic carbocycles. The predicted molar refractivity (Wildman–Crippen MR) is 201 cm³/mol. The number of aliphatic hydroxyl groups is 10. The Morgan fingerprint density at radius 3 is 1.95 bits per heavy atom. The SMILES string of the molecule is C[C@H](C(O)CC(O)C(C)(C)CO[C@@H]1O[C@H](CO)[C@@H](O)[C@H](O)[C@H]1O)[C@H]1CC[C@@]2(C)[C@@H]3CC[C@H]4[C@H](CO[C@@H]5O[C@H](CO)[C@@H](O)[C@H](O)[C@H]5O)C(=O)CC[C@@]45C[C@@]35CC[C@]12C. The highest BCUT2D eigenvalue weighted by molar-refractivity contribution is 5.83. The highest BCUT2D eigenvalue weighted by Gasteiger charge is 2.81. The Bertz CT molecular complexity index is 1450. The summed E-state index contributed by atoms with van der Waals surface area (Å²) >= 11 is 0. The molecule has 5 aliphatic carbocycles. The second-order valence-electron chi connectivity index (χ2n) is 20.5. The number of ketones is 1. The normalized spacial score (nSPS) is 51.2. The average Bonchev–Trinajstić information content (AvgIpc) is 3.77. The molecule has 7 rings (SSSR count). The molecule has 2 spiro atoms. The van der Waals surface area contributed by atoms with Gasteiger partial charge in [-0.25, -0.2) is 0 Å². The van der Waals surface area contributed by atoms with Gasteiger partial charge in [0, 0.05) is 24.2 Å². The number of hydrogen-bond donors (Lipinski definition) is 10. The van der Waals surface area contributed by atoms with Crippen LogP contribution in [-0.4, -0.2) is 157 Å². The van der Waals surface area contributed by atoms with E-state index in [1.54, 1.807) is 13.8 Å². The van der Waals surface area contributed by atoms with E-state index in [2.05, 4.69) is 20.8 Å². The third-order valence-electron chi connectivity index (χ3n) is 17.7. The van der Waals surface area contributed by atoms with Gasteiger partial charge in [-0.2, -0.15) is 0 Å². The average molecular weight is 815 g/mol. The van der Waals surface area contributed by atoms with Gasteiger partial charge in [0.2, 0.25) is 0 Å². The predicted octanol–water partition coefficient (Wildman–Crippen LogP) is -0.00820. The van der Waals surface area contributed by atoms with Gasteiger partial charge in [-0.15, -0.1) is 0 Å². The number of carbonyl (C=O) groups is 1. The quantitative estimate of drug-likeness (QED) is 0.117. The first kappa shape index (κ1) is 44.2. The van der Waals surface area contributed by atoms with Gasteiger partial charge in [-0.1, -0.05) is 34.6 Å². The van der Waals surface area contributed by atoms with Crippen LogP contribution in [-0.2, 0) is 23.7 Å². The van der Waals surface area contributed by atoms with Crippen molar-refractivity contribution in [3.8, 4) is 0 Å². The summed E-state index contributed by atoms with van der Waals surface area (Å²) in [6.07, 6.45) is -7.17. The molecule has 7 aliphatic rings. The molecule has 15 nitrogen and oxygen atoms in total. The molecule has 15 heteroatoms. The lowest BCUT2D eigenvalue weighted by atomic mass is 9.43. The van der Waals surface area contributed by atoms with Crippen molar-refractivity contribution in [1.29, 1.82) is 0 Å². The van der Waals surface area contributed by atoms with Crippen LogP contribution in [0.5, 0.6) is 0 Å². The summed E-state index contributed by atoms with van der Waals surface area (Å²) in [7, 11) is 0. The fourth-order valence-electron chi connectivity index (χ4n) is 13.8. The number of aliphatic hydroxyl groups excluding tert-OH is 10. The van der Waals surface area contributed by atoms with Crippen LogP contribution in [0.2, 0.25) is 0 Å². The molecule has 2 unspecified atom stereocenters. The van der Waals surface area contributed by atoms with Crippen molar-refractivity contribution in [2.24, 2.45) is 56.7 Å². The Balaban J connectivity index is 0.983. The van der Waals surface area contributed by atoms with Gasteiger partial charge in [0.25, 0.3) is 0 Å². The maximum Gasteiger partial charge on any atom is 0.186 e. The molecular weight excluding hydrogens is 744 g/mol. The first-order valence-corrected chi connectivity index (χ1v) is 21.5. The van der Waals surface area contributed by atoms with Crippen molar-refractivity contribution in [2.45, 2.75) is 172 Å². The van der Waals surface area contributed by atoms with Crippen molar-refractivity contribution in [1.82, 2.24) is 0 Å². The van der Waals surface area contributed by atoms with Crippen LogP contribution in [0.4, 0.5) is 0 Å². The standard InChI is InChI=1S/C42H70O15/c1-20(25(46)14-29(47)38(2,3)19-55-37-35(53)33(51)31(49)27(16-44)57-37)22-8-10-40(5)28-7-6-23-21(17-54-36-34(52)32(50)30(48)26(15-43)56-36)24(45)9-11-41(23)18-42(28,41)13-12-39(22,40)4/h20-23,25-37,43-44,46-53H,6-19H2,1-5H3/t20-,21-,22+,23-,25?,26+,27+,28-,29?,30+,31+,32-,33-,34+,35+,36+,37+,39+,40-,41+,42-/m0/s1. The monoisotopic (exact) mass is 814 g/mol. The lowest BCUT2D eigenvalue weighted by molar-refractivity contribution is -0.307. The molecule has 10 N–H and O–H groups in total. The lowest BCUT2D eigenvalue weighted by Gasteiger charge is -2.62. The molecule has 0 aromatic heterocycles. The molecule has 2 saturated heterocycles. The molecule has 21 atom stereocenters. The summed E-state index contributed by atoms with van der Waals surface area (Å²) in [4.78, 5) is 13.5. The highest BCUT2D eigenvalue weighted by atomic mass is 16.7. The van der Waals surface area contributed by atoms with Gasteiger partial charge in [0.1, 0.15) is 54.6 Å². The van der Waals surface area contributed by atoms with Crippen LogP contribution >= 0.6 is 0 Å². The molecule has 2 aliphatic heterocycles. The van der Waals surface area contributed by atoms with Gasteiger partial charge in [-0.3, -0.25) is 4.79 Å². The van der Waals surface area contributed by atoms with Gasteiger partial charge < -0.3 is 70.0 Å². The van der Waals surface area contributed by atoms with E-state index in [9.17, 15) is 55.9 Å². The summed E-state index contributed by atoms with van der Waals surface area (Å²) in [6, 6.07) is 0. The smallest absolute Gasteiger partial charge is 0.186 e. The second kappa shape index (κ2) is 15.8. The first-order chi connectivity index (χ1) is 26.7. The zero-order valence-electron chi connectivity index (χ0n) is 34.2. The zero-order chi connectivity index (χ0) is 41.6. The molecular formula is C42H70O15. The zero-order valence-corrected chi connectivity index (χ0v) is 34.2.